The minimum absolute atomic E-state index is 0.0349. The zero-order valence-electron chi connectivity index (χ0n) is 16.6. The molecule has 0 saturated heterocycles. The Balaban J connectivity index is 1.55. The molecule has 0 aliphatic carbocycles. The maximum absolute atomic E-state index is 12.8. The number of hydrazone groups is 1. The average molecular weight is 465 g/mol. The van der Waals surface area contributed by atoms with Gasteiger partial charge in [-0.1, -0.05) is 30.0 Å². The van der Waals surface area contributed by atoms with Gasteiger partial charge in [0.2, 0.25) is 11.1 Å². The predicted molar refractivity (Wildman–Crippen MR) is 115 cm³/mol. The first-order chi connectivity index (χ1) is 15.3. The van der Waals surface area contributed by atoms with Crippen LogP contribution in [0.15, 0.2) is 58.8 Å². The quantitative estimate of drug-likeness (QED) is 0.202. The maximum Gasteiger partial charge on any atom is 0.416 e. The lowest BCUT2D eigenvalue weighted by atomic mass is 10.2. The van der Waals surface area contributed by atoms with E-state index in [2.05, 4.69) is 26.0 Å². The summed E-state index contributed by atoms with van der Waals surface area (Å²) in [4.78, 5) is 12.1. The van der Waals surface area contributed by atoms with Gasteiger partial charge in [0.1, 0.15) is 5.75 Å². The maximum atomic E-state index is 12.8. The van der Waals surface area contributed by atoms with Gasteiger partial charge in [-0.2, -0.15) is 18.3 Å². The van der Waals surface area contributed by atoms with Crippen LogP contribution in [0.1, 0.15) is 11.1 Å². The molecule has 168 valence electrons. The number of nitrogens with one attached hydrogen (secondary N) is 2. The van der Waals surface area contributed by atoms with Crippen LogP contribution in [0.2, 0.25) is 0 Å². The van der Waals surface area contributed by atoms with Crippen LogP contribution in [0, 0.1) is 0 Å². The summed E-state index contributed by atoms with van der Waals surface area (Å²) in [6.07, 6.45) is -2.98. The highest BCUT2D eigenvalue weighted by molar-refractivity contribution is 7.99. The molecule has 3 rings (SSSR count). The lowest BCUT2D eigenvalue weighted by Crippen LogP contribution is -2.17. The third-order valence-electron chi connectivity index (χ3n) is 3.98. The normalized spacial score (nSPS) is 11.5. The highest BCUT2D eigenvalue weighted by Gasteiger charge is 2.30. The minimum atomic E-state index is -4.50. The molecule has 2 aromatic carbocycles. The summed E-state index contributed by atoms with van der Waals surface area (Å²) in [6, 6.07) is 11.6. The number of benzene rings is 2. The molecule has 3 aromatic rings. The largest absolute Gasteiger partial charge is 0.496 e. The Hall–Kier alpha value is -3.74. The Morgan fingerprint density at radius 3 is 2.78 bits per heavy atom. The highest BCUT2D eigenvalue weighted by Crippen LogP contribution is 2.30. The molecular weight excluding hydrogens is 447 g/mol. The number of alkyl halides is 3. The molecule has 1 amide bonds. The molecule has 1 heterocycles. The topological polar surface area (TPSA) is 119 Å². The van der Waals surface area contributed by atoms with Crippen molar-refractivity contribution in [1.82, 2.24) is 14.9 Å². The second-order valence-electron chi connectivity index (χ2n) is 6.20. The number of anilines is 2. The van der Waals surface area contributed by atoms with Gasteiger partial charge in [-0.05, 0) is 30.3 Å². The molecule has 0 fully saturated rings. The standard InChI is InChI=1S/C19H18F3N7O2S/c1-31-15-8-3-2-5-12(15)10-24-26-17-27-28-18(29(17)23)32-11-16(30)25-14-7-4-6-13(9-14)19(20,21)22/h2-10H,11,23H2,1H3,(H,25,30)(H,26,27)/b24-10+. The van der Waals surface area contributed by atoms with Gasteiger partial charge in [-0.3, -0.25) is 4.79 Å². The van der Waals surface area contributed by atoms with Crippen molar-refractivity contribution in [3.05, 3.63) is 59.7 Å². The Morgan fingerprint density at radius 2 is 2.03 bits per heavy atom. The van der Waals surface area contributed by atoms with E-state index in [1.165, 1.54) is 18.3 Å². The zero-order valence-corrected chi connectivity index (χ0v) is 17.4. The summed E-state index contributed by atoms with van der Waals surface area (Å²) in [6.45, 7) is 0. The minimum Gasteiger partial charge on any atom is -0.496 e. The first kappa shape index (κ1) is 22.9. The van der Waals surface area contributed by atoms with Crippen LogP contribution < -0.4 is 21.3 Å². The fourth-order valence-electron chi connectivity index (χ4n) is 2.48. The zero-order chi connectivity index (χ0) is 23.1. The van der Waals surface area contributed by atoms with E-state index in [4.69, 9.17) is 10.6 Å². The highest BCUT2D eigenvalue weighted by atomic mass is 32.2. The van der Waals surface area contributed by atoms with Crippen molar-refractivity contribution in [2.45, 2.75) is 11.3 Å². The Morgan fingerprint density at radius 1 is 1.25 bits per heavy atom. The molecule has 0 unspecified atom stereocenters. The molecule has 0 spiro atoms. The lowest BCUT2D eigenvalue weighted by molar-refractivity contribution is -0.137. The summed E-state index contributed by atoms with van der Waals surface area (Å²) < 4.78 is 44.6. The molecule has 1 aromatic heterocycles. The van der Waals surface area contributed by atoms with E-state index in [1.807, 2.05) is 18.2 Å². The number of amides is 1. The van der Waals surface area contributed by atoms with E-state index in [1.54, 1.807) is 13.2 Å². The number of para-hydroxylation sites is 1. The molecule has 9 nitrogen and oxygen atoms in total. The molecule has 4 N–H and O–H groups in total. The van der Waals surface area contributed by atoms with Crippen molar-refractivity contribution >= 4 is 35.5 Å². The second kappa shape index (κ2) is 10.0. The molecule has 0 aliphatic rings. The van der Waals surface area contributed by atoms with E-state index < -0.39 is 17.6 Å². The number of thioether (sulfide) groups is 1. The van der Waals surface area contributed by atoms with Crippen LogP contribution in [-0.2, 0) is 11.0 Å². The van der Waals surface area contributed by atoms with Gasteiger partial charge in [0, 0.05) is 11.3 Å². The van der Waals surface area contributed by atoms with E-state index in [-0.39, 0.29) is 22.5 Å². The van der Waals surface area contributed by atoms with Crippen molar-refractivity contribution in [2.24, 2.45) is 5.10 Å². The molecule has 0 atom stereocenters. The van der Waals surface area contributed by atoms with Crippen molar-refractivity contribution in [3.8, 4) is 5.75 Å². The van der Waals surface area contributed by atoms with E-state index >= 15 is 0 Å². The molecule has 0 aliphatic heterocycles. The van der Waals surface area contributed by atoms with Crippen LogP contribution in [0.3, 0.4) is 0 Å². The summed E-state index contributed by atoms with van der Waals surface area (Å²) in [5.74, 6) is 5.99. The number of rotatable bonds is 8. The summed E-state index contributed by atoms with van der Waals surface area (Å²) >= 11 is 0.959. The van der Waals surface area contributed by atoms with Crippen molar-refractivity contribution < 1.29 is 22.7 Å². The average Bonchev–Trinajstić information content (AvgIpc) is 3.11. The molecule has 0 radical (unpaired) electrons. The van der Waals surface area contributed by atoms with Crippen LogP contribution in [0.5, 0.6) is 5.75 Å². The number of methoxy groups -OCH3 is 1. The number of carbonyl (C=O) groups excluding carboxylic acids is 1. The van der Waals surface area contributed by atoms with Gasteiger partial charge in [0.05, 0.1) is 24.6 Å². The van der Waals surface area contributed by atoms with E-state index in [9.17, 15) is 18.0 Å². The van der Waals surface area contributed by atoms with Gasteiger partial charge in [0.15, 0.2) is 0 Å². The Labute approximate surface area is 184 Å². The van der Waals surface area contributed by atoms with Gasteiger partial charge in [0.25, 0.3) is 5.95 Å². The fourth-order valence-corrected chi connectivity index (χ4v) is 3.14. The number of nitrogen functional groups attached to an aromatic ring is 1. The van der Waals surface area contributed by atoms with Crippen molar-refractivity contribution in [3.63, 3.8) is 0 Å². The van der Waals surface area contributed by atoms with Gasteiger partial charge in [-0.15, -0.1) is 10.2 Å². The third-order valence-corrected chi connectivity index (χ3v) is 4.92. The first-order valence-electron chi connectivity index (χ1n) is 9.00. The van der Waals surface area contributed by atoms with Gasteiger partial charge >= 0.3 is 6.18 Å². The molecule has 13 heteroatoms. The molecule has 32 heavy (non-hydrogen) atoms. The predicted octanol–water partition coefficient (Wildman–Crippen LogP) is 3.20. The monoisotopic (exact) mass is 465 g/mol. The Kier molecular flexibility index (Phi) is 7.20. The van der Waals surface area contributed by atoms with Gasteiger partial charge < -0.3 is 15.9 Å². The number of hydrogen-bond acceptors (Lipinski definition) is 8. The van der Waals surface area contributed by atoms with Gasteiger partial charge in [-0.25, -0.2) is 10.1 Å². The van der Waals surface area contributed by atoms with Crippen LogP contribution in [0.25, 0.3) is 0 Å². The second-order valence-corrected chi connectivity index (χ2v) is 7.15. The van der Waals surface area contributed by atoms with Crippen LogP contribution in [0.4, 0.5) is 24.8 Å². The smallest absolute Gasteiger partial charge is 0.416 e. The summed E-state index contributed by atoms with van der Waals surface area (Å²) in [5, 5.41) is 14.4. The van der Waals surface area contributed by atoms with Crippen molar-refractivity contribution in [1.29, 1.82) is 0 Å². The number of carbonyl (C=O) groups is 1. The number of halogens is 3. The van der Waals surface area contributed by atoms with Crippen molar-refractivity contribution in [2.75, 3.05) is 29.4 Å². The number of ether oxygens (including phenoxy) is 1. The van der Waals surface area contributed by atoms with Crippen LogP contribution >= 0.6 is 11.8 Å². The molecular formula is C19H18F3N7O2S. The molecule has 0 bridgehead atoms. The fraction of sp³-hybridized carbons (Fsp3) is 0.158. The lowest BCUT2D eigenvalue weighted by Gasteiger charge is -2.09. The molecule has 0 saturated carbocycles. The summed E-state index contributed by atoms with van der Waals surface area (Å²) in [7, 11) is 1.54. The van der Waals surface area contributed by atoms with E-state index in [0.717, 1.165) is 34.1 Å². The number of nitrogens with two attached hydrogens (primary N) is 1. The number of hydrogen-bond donors (Lipinski definition) is 3. The Bertz CT molecular complexity index is 1120. The SMILES string of the molecule is COc1ccccc1/C=N/Nc1nnc(SCC(=O)Nc2cccc(C(F)(F)F)c2)n1N. The van der Waals surface area contributed by atoms with E-state index in [0.29, 0.717) is 5.75 Å². The summed E-state index contributed by atoms with van der Waals surface area (Å²) in [5.41, 5.74) is 2.55. The first-order valence-corrected chi connectivity index (χ1v) is 9.99. The number of nitrogens with zero attached hydrogens (tertiary/aromatic N) is 4. The van der Waals surface area contributed by atoms with Crippen LogP contribution in [-0.4, -0.2) is 39.9 Å². The number of aromatic nitrogens is 3. The third kappa shape index (κ3) is 5.91.